The molecule has 1 N–H and O–H groups in total. The maximum atomic E-state index is 13.5. The number of hydrogen-bond donors (Lipinski definition) is 1. The van der Waals surface area contributed by atoms with Gasteiger partial charge in [0.15, 0.2) is 0 Å². The van der Waals surface area contributed by atoms with Crippen LogP contribution in [0.25, 0.3) is 0 Å². The molecule has 1 aliphatic carbocycles. The van der Waals surface area contributed by atoms with Gasteiger partial charge in [-0.2, -0.15) is 0 Å². The van der Waals surface area contributed by atoms with E-state index in [9.17, 15) is 4.39 Å². The highest BCUT2D eigenvalue weighted by molar-refractivity contribution is 6.31. The maximum absolute atomic E-state index is 13.5. The highest BCUT2D eigenvalue weighted by Gasteiger charge is 2.07. The molecule has 0 amide bonds. The summed E-state index contributed by atoms with van der Waals surface area (Å²) in [5.41, 5.74) is 2.10. The summed E-state index contributed by atoms with van der Waals surface area (Å²) in [5, 5.41) is 3.76. The second-order valence-corrected chi connectivity index (χ2v) is 5.14. The van der Waals surface area contributed by atoms with Crippen molar-refractivity contribution in [1.29, 1.82) is 0 Å². The molecular weight excluding hydrogens is 249 g/mol. The van der Waals surface area contributed by atoms with E-state index in [0.717, 1.165) is 13.0 Å². The van der Waals surface area contributed by atoms with Gasteiger partial charge in [-0.15, -0.1) is 0 Å². The molecule has 2 rings (SSSR count). The Morgan fingerprint density at radius 2 is 2.17 bits per heavy atom. The number of halogens is 2. The van der Waals surface area contributed by atoms with E-state index in [1.54, 1.807) is 12.1 Å². The summed E-state index contributed by atoms with van der Waals surface area (Å²) in [5.74, 6) is -0.230. The fraction of sp³-hybridized carbons (Fsp3) is 0.467. The Kier molecular flexibility index (Phi) is 5.21. The van der Waals surface area contributed by atoms with Gasteiger partial charge >= 0.3 is 0 Å². The normalized spacial score (nSPS) is 15.6. The van der Waals surface area contributed by atoms with Crippen LogP contribution in [-0.4, -0.2) is 6.54 Å². The van der Waals surface area contributed by atoms with Crippen molar-refractivity contribution < 1.29 is 4.39 Å². The van der Waals surface area contributed by atoms with Gasteiger partial charge in [0, 0.05) is 17.1 Å². The largest absolute Gasteiger partial charge is 0.312 e. The molecule has 1 aliphatic rings. The Morgan fingerprint density at radius 1 is 1.28 bits per heavy atom. The molecule has 0 atom stereocenters. The molecule has 1 aromatic carbocycles. The lowest BCUT2D eigenvalue weighted by molar-refractivity contribution is 0.583. The first-order valence-corrected chi connectivity index (χ1v) is 6.96. The molecule has 0 fully saturated rings. The second kappa shape index (κ2) is 6.91. The Morgan fingerprint density at radius 3 is 2.89 bits per heavy atom. The summed E-state index contributed by atoms with van der Waals surface area (Å²) in [6.07, 6.45) is 8.48. The third-order valence-electron chi connectivity index (χ3n) is 3.37. The molecule has 0 unspecified atom stereocenters. The van der Waals surface area contributed by atoms with Crippen LogP contribution >= 0.6 is 11.6 Å². The third-order valence-corrected chi connectivity index (χ3v) is 3.73. The fourth-order valence-electron chi connectivity index (χ4n) is 2.30. The minimum atomic E-state index is -0.230. The van der Waals surface area contributed by atoms with E-state index in [0.29, 0.717) is 17.1 Å². The van der Waals surface area contributed by atoms with Crippen LogP contribution in [0.3, 0.4) is 0 Å². The van der Waals surface area contributed by atoms with E-state index < -0.39 is 0 Å². The van der Waals surface area contributed by atoms with E-state index in [4.69, 9.17) is 11.6 Å². The van der Waals surface area contributed by atoms with Crippen molar-refractivity contribution in [3.8, 4) is 0 Å². The van der Waals surface area contributed by atoms with Crippen LogP contribution in [0.2, 0.25) is 5.02 Å². The molecular formula is C15H19ClFN. The molecule has 0 aromatic heterocycles. The Bertz CT molecular complexity index is 408. The van der Waals surface area contributed by atoms with Gasteiger partial charge in [-0.3, -0.25) is 0 Å². The molecule has 18 heavy (non-hydrogen) atoms. The van der Waals surface area contributed by atoms with Crippen LogP contribution in [-0.2, 0) is 6.54 Å². The molecule has 0 radical (unpaired) electrons. The average molecular weight is 268 g/mol. The van der Waals surface area contributed by atoms with Crippen LogP contribution < -0.4 is 5.32 Å². The van der Waals surface area contributed by atoms with Gasteiger partial charge in [-0.1, -0.05) is 29.3 Å². The van der Waals surface area contributed by atoms with Gasteiger partial charge in [-0.25, -0.2) is 4.39 Å². The number of nitrogens with one attached hydrogen (secondary N) is 1. The van der Waals surface area contributed by atoms with Crippen LogP contribution in [0.4, 0.5) is 4.39 Å². The summed E-state index contributed by atoms with van der Waals surface area (Å²) < 4.78 is 13.5. The van der Waals surface area contributed by atoms with Crippen molar-refractivity contribution >= 4 is 11.6 Å². The Labute approximate surface area is 113 Å². The first kappa shape index (κ1) is 13.6. The molecule has 1 aromatic rings. The zero-order chi connectivity index (χ0) is 12.8. The summed E-state index contributed by atoms with van der Waals surface area (Å²) in [4.78, 5) is 0. The van der Waals surface area contributed by atoms with Gasteiger partial charge in [0.2, 0.25) is 0 Å². The molecule has 1 nitrogen and oxygen atoms in total. The van der Waals surface area contributed by atoms with Crippen LogP contribution in [0.5, 0.6) is 0 Å². The number of hydrogen-bond acceptors (Lipinski definition) is 1. The lowest BCUT2D eigenvalue weighted by Gasteiger charge is -2.13. The predicted octanol–water partition coefficient (Wildman–Crippen LogP) is 4.46. The first-order valence-electron chi connectivity index (χ1n) is 6.59. The lowest BCUT2D eigenvalue weighted by atomic mass is 9.97. The van der Waals surface area contributed by atoms with E-state index >= 15 is 0 Å². The van der Waals surface area contributed by atoms with Gasteiger partial charge in [0.25, 0.3) is 0 Å². The second-order valence-electron chi connectivity index (χ2n) is 4.74. The van der Waals surface area contributed by atoms with Crippen LogP contribution in [0.15, 0.2) is 29.8 Å². The van der Waals surface area contributed by atoms with Crippen molar-refractivity contribution in [2.45, 2.75) is 38.6 Å². The van der Waals surface area contributed by atoms with Gasteiger partial charge in [0.1, 0.15) is 5.82 Å². The standard InChI is InChI=1S/C15H19ClFN/c16-14-7-4-8-15(17)13(14)11-18-10-9-12-5-2-1-3-6-12/h4-5,7-8,18H,1-3,6,9-11H2. The average Bonchev–Trinajstić information content (AvgIpc) is 2.38. The molecule has 0 saturated heterocycles. The highest BCUT2D eigenvalue weighted by atomic mass is 35.5. The van der Waals surface area contributed by atoms with Crippen molar-refractivity contribution in [3.63, 3.8) is 0 Å². The minimum absolute atomic E-state index is 0.230. The first-order chi connectivity index (χ1) is 8.77. The third kappa shape index (κ3) is 3.82. The number of allylic oxidation sites excluding steroid dienone is 1. The molecule has 0 bridgehead atoms. The summed E-state index contributed by atoms with van der Waals surface area (Å²) >= 11 is 5.97. The SMILES string of the molecule is Fc1cccc(Cl)c1CNCCC1=CCCCC1. The van der Waals surface area contributed by atoms with Crippen molar-refractivity contribution in [3.05, 3.63) is 46.3 Å². The van der Waals surface area contributed by atoms with Crippen LogP contribution in [0.1, 0.15) is 37.7 Å². The number of rotatable bonds is 5. The monoisotopic (exact) mass is 267 g/mol. The van der Waals surface area contributed by atoms with E-state index in [1.807, 2.05) is 0 Å². The van der Waals surface area contributed by atoms with Crippen molar-refractivity contribution in [1.82, 2.24) is 5.32 Å². The minimum Gasteiger partial charge on any atom is -0.312 e. The van der Waals surface area contributed by atoms with E-state index in [2.05, 4.69) is 11.4 Å². The van der Waals surface area contributed by atoms with Crippen molar-refractivity contribution in [2.24, 2.45) is 0 Å². The predicted molar refractivity (Wildman–Crippen MR) is 74.3 cm³/mol. The van der Waals surface area contributed by atoms with Gasteiger partial charge < -0.3 is 5.32 Å². The van der Waals surface area contributed by atoms with E-state index in [1.165, 1.54) is 37.3 Å². The summed E-state index contributed by atoms with van der Waals surface area (Å²) in [6, 6.07) is 4.81. The van der Waals surface area contributed by atoms with Gasteiger partial charge in [-0.05, 0) is 50.8 Å². The number of benzene rings is 1. The Hall–Kier alpha value is -0.860. The Balaban J connectivity index is 1.76. The molecule has 3 heteroatoms. The molecule has 0 aliphatic heterocycles. The molecule has 0 heterocycles. The fourth-order valence-corrected chi connectivity index (χ4v) is 2.53. The quantitative estimate of drug-likeness (QED) is 0.614. The molecule has 98 valence electrons. The zero-order valence-electron chi connectivity index (χ0n) is 10.5. The smallest absolute Gasteiger partial charge is 0.129 e. The topological polar surface area (TPSA) is 12.0 Å². The highest BCUT2D eigenvalue weighted by Crippen LogP contribution is 2.20. The van der Waals surface area contributed by atoms with Crippen LogP contribution in [0, 0.1) is 5.82 Å². The lowest BCUT2D eigenvalue weighted by Crippen LogP contribution is -2.16. The van der Waals surface area contributed by atoms with Crippen molar-refractivity contribution in [2.75, 3.05) is 6.54 Å². The molecule has 0 spiro atoms. The summed E-state index contributed by atoms with van der Waals surface area (Å²) in [6.45, 7) is 1.38. The summed E-state index contributed by atoms with van der Waals surface area (Å²) in [7, 11) is 0. The molecule has 0 saturated carbocycles. The van der Waals surface area contributed by atoms with E-state index in [-0.39, 0.29) is 5.82 Å². The zero-order valence-corrected chi connectivity index (χ0v) is 11.3. The van der Waals surface area contributed by atoms with Gasteiger partial charge in [0.05, 0.1) is 0 Å². The maximum Gasteiger partial charge on any atom is 0.129 e.